The summed E-state index contributed by atoms with van der Waals surface area (Å²) in [6, 6.07) is 14.7. The quantitative estimate of drug-likeness (QED) is 0.687. The van der Waals surface area contributed by atoms with Crippen LogP contribution in [0.15, 0.2) is 52.9 Å². The van der Waals surface area contributed by atoms with Crippen LogP contribution < -0.4 is 10.6 Å². The van der Waals surface area contributed by atoms with Gasteiger partial charge in [-0.15, -0.1) is 11.3 Å². The van der Waals surface area contributed by atoms with Gasteiger partial charge in [-0.1, -0.05) is 23.9 Å². The third-order valence-corrected chi connectivity index (χ3v) is 5.44. The number of benzene rings is 2. The summed E-state index contributed by atoms with van der Waals surface area (Å²) in [5, 5.41) is 5.37. The molecular weight excluding hydrogens is 342 g/mol. The second-order valence-corrected chi connectivity index (χ2v) is 7.19. The molecule has 2 amide bonds. The molecule has 0 radical (unpaired) electrons. The molecular formula is C17H15N3O2S2. The summed E-state index contributed by atoms with van der Waals surface area (Å²) in [5.41, 5.74) is 2.17. The number of nitrogens with zero attached hydrogens (tertiary/aromatic N) is 1. The van der Waals surface area contributed by atoms with E-state index in [9.17, 15) is 9.59 Å². The van der Waals surface area contributed by atoms with Gasteiger partial charge in [-0.25, -0.2) is 4.98 Å². The summed E-state index contributed by atoms with van der Waals surface area (Å²) >= 11 is 3.00. The Hall–Kier alpha value is -2.38. The Bertz CT molecular complexity index is 842. The van der Waals surface area contributed by atoms with Crippen molar-refractivity contribution in [3.8, 4) is 0 Å². The fraction of sp³-hybridized carbons (Fsp3) is 0.118. The van der Waals surface area contributed by atoms with Crippen LogP contribution in [0.1, 0.15) is 10.4 Å². The summed E-state index contributed by atoms with van der Waals surface area (Å²) in [5.74, 6) is 0.0306. The summed E-state index contributed by atoms with van der Waals surface area (Å²) < 4.78 is 1.99. The van der Waals surface area contributed by atoms with Crippen molar-refractivity contribution in [2.45, 2.75) is 4.34 Å². The van der Waals surface area contributed by atoms with Crippen LogP contribution in [0.2, 0.25) is 0 Å². The molecule has 1 aromatic heterocycles. The lowest BCUT2D eigenvalue weighted by atomic mass is 10.2. The molecule has 2 aromatic carbocycles. The van der Waals surface area contributed by atoms with Crippen molar-refractivity contribution in [2.24, 2.45) is 0 Å². The molecule has 0 unspecified atom stereocenters. The summed E-state index contributed by atoms with van der Waals surface area (Å²) in [7, 11) is 1.58. The summed E-state index contributed by atoms with van der Waals surface area (Å²) in [6.07, 6.45) is 0. The fourth-order valence-corrected chi connectivity index (χ4v) is 3.95. The lowest BCUT2D eigenvalue weighted by molar-refractivity contribution is -0.113. The van der Waals surface area contributed by atoms with Gasteiger partial charge in [0, 0.05) is 18.3 Å². The number of amides is 2. The molecule has 0 bridgehead atoms. The smallest absolute Gasteiger partial charge is 0.251 e. The molecule has 0 fully saturated rings. The summed E-state index contributed by atoms with van der Waals surface area (Å²) in [4.78, 5) is 28.0. The Labute approximate surface area is 147 Å². The van der Waals surface area contributed by atoms with Crippen molar-refractivity contribution < 1.29 is 9.59 Å². The van der Waals surface area contributed by atoms with Gasteiger partial charge >= 0.3 is 0 Å². The Balaban J connectivity index is 1.56. The number of thioether (sulfide) groups is 1. The number of nitrogens with one attached hydrogen (secondary N) is 2. The van der Waals surface area contributed by atoms with E-state index in [1.54, 1.807) is 42.6 Å². The maximum Gasteiger partial charge on any atom is 0.251 e. The minimum Gasteiger partial charge on any atom is -0.355 e. The first-order valence-electron chi connectivity index (χ1n) is 7.26. The molecule has 0 atom stereocenters. The van der Waals surface area contributed by atoms with Gasteiger partial charge < -0.3 is 10.6 Å². The van der Waals surface area contributed by atoms with Crippen molar-refractivity contribution >= 4 is 50.8 Å². The maximum absolute atomic E-state index is 12.0. The SMILES string of the molecule is CNC(=O)c1ccc(NC(=O)CSc2nc3ccccc3s2)cc1. The second kappa shape index (κ2) is 7.46. The van der Waals surface area contributed by atoms with E-state index in [0.29, 0.717) is 11.3 Å². The van der Waals surface area contributed by atoms with E-state index in [4.69, 9.17) is 0 Å². The molecule has 5 nitrogen and oxygen atoms in total. The average Bonchev–Trinajstić information content (AvgIpc) is 3.03. The van der Waals surface area contributed by atoms with Crippen molar-refractivity contribution in [1.82, 2.24) is 10.3 Å². The van der Waals surface area contributed by atoms with Crippen LogP contribution in [0, 0.1) is 0 Å². The first-order valence-corrected chi connectivity index (χ1v) is 9.06. The predicted molar refractivity (Wildman–Crippen MR) is 98.8 cm³/mol. The minimum atomic E-state index is -0.153. The standard InChI is InChI=1S/C17H15N3O2S2/c1-18-16(22)11-6-8-12(9-7-11)19-15(21)10-23-17-20-13-4-2-3-5-14(13)24-17/h2-9H,10H2,1H3,(H,18,22)(H,19,21). The van der Waals surface area contributed by atoms with Crippen LogP contribution >= 0.6 is 23.1 Å². The predicted octanol–water partition coefficient (Wildman–Crippen LogP) is 3.39. The van der Waals surface area contributed by atoms with Crippen LogP contribution in [0.4, 0.5) is 5.69 Å². The molecule has 0 aliphatic heterocycles. The Morgan fingerprint density at radius 3 is 2.58 bits per heavy atom. The van der Waals surface area contributed by atoms with E-state index < -0.39 is 0 Å². The van der Waals surface area contributed by atoms with Crippen molar-refractivity contribution in [2.75, 3.05) is 18.1 Å². The van der Waals surface area contributed by atoms with Gasteiger partial charge in [-0.2, -0.15) is 0 Å². The van der Waals surface area contributed by atoms with E-state index in [2.05, 4.69) is 15.6 Å². The molecule has 0 aliphatic carbocycles. The highest BCUT2D eigenvalue weighted by Crippen LogP contribution is 2.29. The molecule has 0 aliphatic rings. The summed E-state index contributed by atoms with van der Waals surface area (Å²) in [6.45, 7) is 0. The van der Waals surface area contributed by atoms with Crippen molar-refractivity contribution in [3.05, 3.63) is 54.1 Å². The third kappa shape index (κ3) is 3.93. The van der Waals surface area contributed by atoms with Crippen LogP contribution in [-0.2, 0) is 4.79 Å². The number of thiazole rings is 1. The van der Waals surface area contributed by atoms with Gasteiger partial charge in [0.2, 0.25) is 5.91 Å². The number of carbonyl (C=O) groups excluding carboxylic acids is 2. The van der Waals surface area contributed by atoms with Gasteiger partial charge in [0.25, 0.3) is 5.91 Å². The van der Waals surface area contributed by atoms with Crippen LogP contribution in [0.3, 0.4) is 0 Å². The van der Waals surface area contributed by atoms with Gasteiger partial charge in [0.05, 0.1) is 16.0 Å². The lowest BCUT2D eigenvalue weighted by Crippen LogP contribution is -2.18. The number of fused-ring (bicyclic) bond motifs is 1. The van der Waals surface area contributed by atoms with Crippen LogP contribution in [0.25, 0.3) is 10.2 Å². The van der Waals surface area contributed by atoms with Crippen molar-refractivity contribution in [3.63, 3.8) is 0 Å². The van der Waals surface area contributed by atoms with Crippen molar-refractivity contribution in [1.29, 1.82) is 0 Å². The van der Waals surface area contributed by atoms with Gasteiger partial charge in [0.15, 0.2) is 4.34 Å². The monoisotopic (exact) mass is 357 g/mol. The molecule has 24 heavy (non-hydrogen) atoms. The number of carbonyl (C=O) groups is 2. The normalized spacial score (nSPS) is 10.5. The van der Waals surface area contributed by atoms with Gasteiger partial charge in [-0.3, -0.25) is 9.59 Å². The highest BCUT2D eigenvalue weighted by Gasteiger charge is 2.08. The highest BCUT2D eigenvalue weighted by atomic mass is 32.2. The van der Waals surface area contributed by atoms with E-state index in [1.807, 2.05) is 24.3 Å². The van der Waals surface area contributed by atoms with E-state index >= 15 is 0 Å². The third-order valence-electron chi connectivity index (χ3n) is 3.26. The molecule has 2 N–H and O–H groups in total. The topological polar surface area (TPSA) is 71.1 Å². The zero-order valence-corrected chi connectivity index (χ0v) is 14.5. The average molecular weight is 357 g/mol. The second-order valence-electron chi connectivity index (χ2n) is 4.94. The zero-order chi connectivity index (χ0) is 16.9. The molecule has 3 aromatic rings. The Morgan fingerprint density at radius 1 is 1.12 bits per heavy atom. The van der Waals surface area contributed by atoms with Gasteiger partial charge in [-0.05, 0) is 36.4 Å². The highest BCUT2D eigenvalue weighted by molar-refractivity contribution is 8.01. The van der Waals surface area contributed by atoms with E-state index in [0.717, 1.165) is 14.6 Å². The molecule has 0 saturated carbocycles. The fourth-order valence-electron chi connectivity index (χ4n) is 2.09. The van der Waals surface area contributed by atoms with E-state index in [1.165, 1.54) is 11.8 Å². The minimum absolute atomic E-state index is 0.105. The maximum atomic E-state index is 12.0. The zero-order valence-electron chi connectivity index (χ0n) is 12.9. The number of rotatable bonds is 5. The first-order chi connectivity index (χ1) is 11.7. The number of aromatic nitrogens is 1. The Kier molecular flexibility index (Phi) is 5.12. The number of para-hydroxylation sites is 1. The first kappa shape index (κ1) is 16.5. The van der Waals surface area contributed by atoms with Crippen LogP contribution in [0.5, 0.6) is 0 Å². The molecule has 0 saturated heterocycles. The number of anilines is 1. The number of hydrogen-bond donors (Lipinski definition) is 2. The number of hydrogen-bond acceptors (Lipinski definition) is 5. The molecule has 0 spiro atoms. The molecule has 122 valence electrons. The van der Waals surface area contributed by atoms with E-state index in [-0.39, 0.29) is 17.6 Å². The van der Waals surface area contributed by atoms with Crippen LogP contribution in [-0.4, -0.2) is 29.6 Å². The van der Waals surface area contributed by atoms with Gasteiger partial charge in [0.1, 0.15) is 0 Å². The largest absolute Gasteiger partial charge is 0.355 e. The molecule has 1 heterocycles. The Morgan fingerprint density at radius 2 is 1.88 bits per heavy atom. The molecule has 3 rings (SSSR count). The molecule has 7 heteroatoms. The lowest BCUT2D eigenvalue weighted by Gasteiger charge is -2.05.